The molecular formula is C27H32N4O2. The van der Waals surface area contributed by atoms with Crippen LogP contribution in [0.2, 0.25) is 0 Å². The lowest BCUT2D eigenvalue weighted by atomic mass is 9.72. The number of hydrogen-bond donors (Lipinski definition) is 2. The molecule has 6 rings (SSSR count). The maximum absolute atomic E-state index is 13.1. The topological polar surface area (TPSA) is 66.5 Å². The molecule has 0 saturated carbocycles. The summed E-state index contributed by atoms with van der Waals surface area (Å²) < 4.78 is 5.50. The molecule has 6 nitrogen and oxygen atoms in total. The van der Waals surface area contributed by atoms with Crippen LogP contribution in [-0.4, -0.2) is 42.2 Å². The number of hydrogen-bond acceptors (Lipinski definition) is 4. The van der Waals surface area contributed by atoms with E-state index in [-0.39, 0.29) is 18.1 Å². The minimum atomic E-state index is -0.186. The van der Waals surface area contributed by atoms with Crippen molar-refractivity contribution in [1.82, 2.24) is 15.2 Å². The number of carbonyl (C=O) groups is 1. The number of aromatic nitrogens is 1. The van der Waals surface area contributed by atoms with Crippen LogP contribution in [0.3, 0.4) is 0 Å². The molecule has 3 fully saturated rings. The number of rotatable bonds is 6. The quantitative estimate of drug-likeness (QED) is 0.547. The first-order valence-electron chi connectivity index (χ1n) is 12.0. The molecule has 3 saturated heterocycles. The second-order valence-corrected chi connectivity index (χ2v) is 9.24. The molecule has 0 spiro atoms. The summed E-state index contributed by atoms with van der Waals surface area (Å²) in [4.78, 5) is 20.3. The third-order valence-electron chi connectivity index (χ3n) is 7.48. The molecule has 6 heteroatoms. The Hall–Kier alpha value is -3.12. The van der Waals surface area contributed by atoms with Crippen molar-refractivity contribution in [2.24, 2.45) is 11.8 Å². The number of carbonyl (C=O) groups excluding carboxylic acids is 1. The van der Waals surface area contributed by atoms with E-state index in [0.29, 0.717) is 5.92 Å². The Kier molecular flexibility index (Phi) is 6.18. The molecule has 0 aliphatic carbocycles. The van der Waals surface area contributed by atoms with Crippen molar-refractivity contribution < 1.29 is 9.53 Å². The fourth-order valence-corrected chi connectivity index (χ4v) is 5.74. The molecule has 3 aromatic rings. The highest BCUT2D eigenvalue weighted by atomic mass is 16.5. The van der Waals surface area contributed by atoms with Crippen LogP contribution in [0.15, 0.2) is 60.8 Å². The largest absolute Gasteiger partial charge is 0.497 e. The first-order valence-corrected chi connectivity index (χ1v) is 12.0. The van der Waals surface area contributed by atoms with Crippen molar-refractivity contribution in [3.63, 3.8) is 0 Å². The highest BCUT2D eigenvalue weighted by molar-refractivity contribution is 5.90. The molecule has 0 radical (unpaired) electrons. The number of benzene rings is 2. The SMILES string of the molecule is CC[C@H]1CN2CC[C@H]1C[C@H]2[C@@H](NC(=O)Nc1ccccc1)c1ccnc2ccc(OC)cc12. The van der Waals surface area contributed by atoms with E-state index in [1.54, 1.807) is 7.11 Å². The molecule has 3 aliphatic rings. The maximum Gasteiger partial charge on any atom is 0.319 e. The summed E-state index contributed by atoms with van der Waals surface area (Å²) in [5.41, 5.74) is 2.78. The zero-order valence-electron chi connectivity index (χ0n) is 19.3. The smallest absolute Gasteiger partial charge is 0.319 e. The molecule has 1 unspecified atom stereocenters. The first kappa shape index (κ1) is 21.7. The van der Waals surface area contributed by atoms with Gasteiger partial charge in [0.2, 0.25) is 0 Å². The van der Waals surface area contributed by atoms with Crippen LogP contribution in [0.1, 0.15) is 37.8 Å². The number of amides is 2. The summed E-state index contributed by atoms with van der Waals surface area (Å²) in [5, 5.41) is 7.37. The van der Waals surface area contributed by atoms with E-state index >= 15 is 0 Å². The van der Waals surface area contributed by atoms with Crippen molar-refractivity contribution in [1.29, 1.82) is 0 Å². The number of anilines is 1. The number of nitrogens with zero attached hydrogens (tertiary/aromatic N) is 2. The maximum atomic E-state index is 13.1. The Morgan fingerprint density at radius 1 is 1.21 bits per heavy atom. The van der Waals surface area contributed by atoms with E-state index in [9.17, 15) is 4.79 Å². The Balaban J connectivity index is 1.51. The van der Waals surface area contributed by atoms with E-state index in [0.717, 1.165) is 53.3 Å². The summed E-state index contributed by atoms with van der Waals surface area (Å²) in [6.45, 7) is 4.50. The van der Waals surface area contributed by atoms with Gasteiger partial charge in [-0.2, -0.15) is 0 Å². The number of methoxy groups -OCH3 is 1. The first-order chi connectivity index (χ1) is 16.2. The van der Waals surface area contributed by atoms with Gasteiger partial charge in [-0.25, -0.2) is 4.79 Å². The summed E-state index contributed by atoms with van der Waals surface area (Å²) >= 11 is 0. The van der Waals surface area contributed by atoms with Crippen LogP contribution in [0, 0.1) is 11.8 Å². The van der Waals surface area contributed by atoms with Gasteiger partial charge in [0.1, 0.15) is 5.75 Å². The average Bonchev–Trinajstić information content (AvgIpc) is 2.87. The lowest BCUT2D eigenvalue weighted by Gasteiger charge is -2.52. The summed E-state index contributed by atoms with van der Waals surface area (Å²) in [6.07, 6.45) is 5.42. The zero-order valence-corrected chi connectivity index (χ0v) is 19.3. The zero-order chi connectivity index (χ0) is 22.8. The van der Waals surface area contributed by atoms with Gasteiger partial charge in [-0.15, -0.1) is 0 Å². The van der Waals surface area contributed by atoms with Crippen LogP contribution >= 0.6 is 0 Å². The summed E-state index contributed by atoms with van der Waals surface area (Å²) in [5.74, 6) is 2.26. The van der Waals surface area contributed by atoms with Crippen molar-refractivity contribution in [2.75, 3.05) is 25.5 Å². The third-order valence-corrected chi connectivity index (χ3v) is 7.48. The number of fused-ring (bicyclic) bond motifs is 4. The van der Waals surface area contributed by atoms with Crippen LogP contribution in [-0.2, 0) is 0 Å². The number of nitrogens with one attached hydrogen (secondary N) is 2. The Morgan fingerprint density at radius 2 is 2.06 bits per heavy atom. The fourth-order valence-electron chi connectivity index (χ4n) is 5.74. The van der Waals surface area contributed by atoms with Gasteiger partial charge in [-0.1, -0.05) is 31.5 Å². The lowest BCUT2D eigenvalue weighted by Crippen LogP contribution is -2.58. The number of ether oxygens (including phenoxy) is 1. The third kappa shape index (κ3) is 4.40. The van der Waals surface area contributed by atoms with Crippen LogP contribution < -0.4 is 15.4 Å². The van der Waals surface area contributed by atoms with Gasteiger partial charge < -0.3 is 15.4 Å². The molecule has 1 aromatic heterocycles. The van der Waals surface area contributed by atoms with Crippen LogP contribution in [0.4, 0.5) is 10.5 Å². The van der Waals surface area contributed by atoms with Gasteiger partial charge in [0.05, 0.1) is 18.7 Å². The standard InChI is InChI=1S/C27H32N4O2/c1-3-18-17-31-14-12-19(18)15-25(31)26(30-27(32)29-20-7-5-4-6-8-20)22-11-13-28-24-10-9-21(33-2)16-23(22)24/h4-11,13,16,18-19,25-26H,3,12,14-15,17H2,1-2H3,(H2,29,30,32)/t18-,19-,25-,26-/m0/s1. The molecule has 3 aliphatic heterocycles. The second kappa shape index (κ2) is 9.40. The molecule has 2 bridgehead atoms. The van der Waals surface area contributed by atoms with Crippen molar-refractivity contribution in [2.45, 2.75) is 38.3 Å². The molecule has 4 heterocycles. The van der Waals surface area contributed by atoms with E-state index in [1.165, 1.54) is 12.8 Å². The normalized spacial score (nSPS) is 24.9. The Bertz CT molecular complexity index is 1120. The van der Waals surface area contributed by atoms with Gasteiger partial charge in [-0.3, -0.25) is 9.88 Å². The number of pyridine rings is 1. The Morgan fingerprint density at radius 3 is 2.79 bits per heavy atom. The molecule has 2 amide bonds. The molecule has 2 aromatic carbocycles. The predicted molar refractivity (Wildman–Crippen MR) is 131 cm³/mol. The predicted octanol–water partition coefficient (Wildman–Crippen LogP) is 5.23. The number of piperidine rings is 3. The summed E-state index contributed by atoms with van der Waals surface area (Å²) in [7, 11) is 1.68. The fraction of sp³-hybridized carbons (Fsp3) is 0.407. The van der Waals surface area contributed by atoms with E-state index in [4.69, 9.17) is 4.74 Å². The molecule has 5 atom stereocenters. The van der Waals surface area contributed by atoms with Crippen molar-refractivity contribution >= 4 is 22.6 Å². The molecular weight excluding hydrogens is 412 g/mol. The van der Waals surface area contributed by atoms with Gasteiger partial charge in [0.15, 0.2) is 0 Å². The van der Waals surface area contributed by atoms with Gasteiger partial charge >= 0.3 is 6.03 Å². The Labute approximate surface area is 195 Å². The van der Waals surface area contributed by atoms with E-state index < -0.39 is 0 Å². The molecule has 2 N–H and O–H groups in total. The summed E-state index contributed by atoms with van der Waals surface area (Å²) in [6, 6.07) is 17.5. The number of urea groups is 1. The van der Waals surface area contributed by atoms with Crippen molar-refractivity contribution in [3.05, 3.63) is 66.4 Å². The molecule has 33 heavy (non-hydrogen) atoms. The van der Waals surface area contributed by atoms with Crippen molar-refractivity contribution in [3.8, 4) is 5.75 Å². The monoisotopic (exact) mass is 444 g/mol. The van der Waals surface area contributed by atoms with Gasteiger partial charge in [0, 0.05) is 29.9 Å². The average molecular weight is 445 g/mol. The minimum absolute atomic E-state index is 0.146. The van der Waals surface area contributed by atoms with Gasteiger partial charge in [0.25, 0.3) is 0 Å². The van der Waals surface area contributed by atoms with E-state index in [1.807, 2.05) is 54.7 Å². The highest BCUT2D eigenvalue weighted by Gasteiger charge is 2.43. The number of para-hydroxylation sites is 1. The van der Waals surface area contributed by atoms with Crippen LogP contribution in [0.5, 0.6) is 5.75 Å². The van der Waals surface area contributed by atoms with E-state index in [2.05, 4.69) is 33.5 Å². The molecule has 172 valence electrons. The minimum Gasteiger partial charge on any atom is -0.497 e. The van der Waals surface area contributed by atoms with Crippen LogP contribution in [0.25, 0.3) is 10.9 Å². The lowest BCUT2D eigenvalue weighted by molar-refractivity contribution is -0.0141. The second-order valence-electron chi connectivity index (χ2n) is 9.24. The van der Waals surface area contributed by atoms with Gasteiger partial charge in [-0.05, 0) is 73.2 Å². The highest BCUT2D eigenvalue weighted by Crippen LogP contribution is 2.43.